The third-order valence-corrected chi connectivity index (χ3v) is 2.71. The van der Waals surface area contributed by atoms with E-state index in [2.05, 4.69) is 0 Å². The molecule has 1 aliphatic rings. The van der Waals surface area contributed by atoms with Gasteiger partial charge in [0.25, 0.3) is 0 Å². The van der Waals surface area contributed by atoms with E-state index in [0.717, 1.165) is 12.8 Å². The van der Waals surface area contributed by atoms with E-state index >= 15 is 0 Å². The van der Waals surface area contributed by atoms with Crippen LogP contribution < -0.4 is 0 Å². The number of hydrogen-bond donors (Lipinski definition) is 1. The lowest BCUT2D eigenvalue weighted by Crippen LogP contribution is -2.50. The van der Waals surface area contributed by atoms with Gasteiger partial charge < -0.3 is 14.7 Å². The van der Waals surface area contributed by atoms with Gasteiger partial charge in [-0.25, -0.2) is 4.79 Å². The highest BCUT2D eigenvalue weighted by atomic mass is 16.6. The lowest BCUT2D eigenvalue weighted by atomic mass is 10.3. The van der Waals surface area contributed by atoms with Gasteiger partial charge in [-0.1, -0.05) is 13.3 Å². The van der Waals surface area contributed by atoms with Gasteiger partial charge in [-0.3, -0.25) is 9.69 Å². The molecule has 1 saturated heterocycles. The molecule has 0 unspecified atom stereocenters. The molecule has 98 valence electrons. The SMILES string of the molecule is CCCCOC(=O)N1CCN(CC(=O)O)CC1. The van der Waals surface area contributed by atoms with Gasteiger partial charge >= 0.3 is 12.1 Å². The van der Waals surface area contributed by atoms with Crippen molar-refractivity contribution in [1.29, 1.82) is 0 Å². The Hall–Kier alpha value is -1.30. The average molecular weight is 244 g/mol. The molecule has 17 heavy (non-hydrogen) atoms. The smallest absolute Gasteiger partial charge is 0.409 e. The van der Waals surface area contributed by atoms with Crippen LogP contribution in [0.3, 0.4) is 0 Å². The molecule has 6 heteroatoms. The monoisotopic (exact) mass is 244 g/mol. The van der Waals surface area contributed by atoms with Crippen LogP contribution in [-0.4, -0.2) is 66.3 Å². The Labute approximate surface area is 101 Å². The molecule has 0 spiro atoms. The molecular formula is C11H20N2O4. The zero-order chi connectivity index (χ0) is 12.7. The molecule has 1 rings (SSSR count). The second-order valence-corrected chi connectivity index (χ2v) is 4.12. The van der Waals surface area contributed by atoms with Crippen LogP contribution in [0.4, 0.5) is 4.79 Å². The highest BCUT2D eigenvalue weighted by Gasteiger charge is 2.22. The summed E-state index contributed by atoms with van der Waals surface area (Å²) < 4.78 is 5.09. The summed E-state index contributed by atoms with van der Waals surface area (Å²) in [5.41, 5.74) is 0. The van der Waals surface area contributed by atoms with Gasteiger partial charge in [-0.2, -0.15) is 0 Å². The summed E-state index contributed by atoms with van der Waals surface area (Å²) in [6.07, 6.45) is 1.60. The lowest BCUT2D eigenvalue weighted by molar-refractivity contribution is -0.138. The number of carboxylic acids is 1. The fraction of sp³-hybridized carbons (Fsp3) is 0.818. The van der Waals surface area contributed by atoms with E-state index in [9.17, 15) is 9.59 Å². The molecule has 1 N–H and O–H groups in total. The van der Waals surface area contributed by atoms with Gasteiger partial charge in [0, 0.05) is 26.2 Å². The summed E-state index contributed by atoms with van der Waals surface area (Å²) in [7, 11) is 0. The van der Waals surface area contributed by atoms with Crippen LogP contribution in [-0.2, 0) is 9.53 Å². The van der Waals surface area contributed by atoms with Gasteiger partial charge in [-0.05, 0) is 6.42 Å². The number of amides is 1. The molecule has 6 nitrogen and oxygen atoms in total. The first-order chi connectivity index (χ1) is 8.13. The number of rotatable bonds is 5. The second-order valence-electron chi connectivity index (χ2n) is 4.12. The fourth-order valence-corrected chi connectivity index (χ4v) is 1.67. The Morgan fingerprint density at radius 1 is 1.24 bits per heavy atom. The van der Waals surface area contributed by atoms with Crippen molar-refractivity contribution in [2.24, 2.45) is 0 Å². The van der Waals surface area contributed by atoms with Crippen LogP contribution in [0, 0.1) is 0 Å². The summed E-state index contributed by atoms with van der Waals surface area (Å²) in [5, 5.41) is 8.64. The Balaban J connectivity index is 2.21. The quantitative estimate of drug-likeness (QED) is 0.718. The van der Waals surface area contributed by atoms with Crippen LogP contribution in [0.15, 0.2) is 0 Å². The van der Waals surface area contributed by atoms with E-state index in [4.69, 9.17) is 9.84 Å². The number of nitrogens with zero attached hydrogens (tertiary/aromatic N) is 2. The first-order valence-corrected chi connectivity index (χ1v) is 5.99. The van der Waals surface area contributed by atoms with Crippen LogP contribution in [0.2, 0.25) is 0 Å². The van der Waals surface area contributed by atoms with Crippen molar-refractivity contribution in [2.45, 2.75) is 19.8 Å². The lowest BCUT2D eigenvalue weighted by Gasteiger charge is -2.33. The Bertz CT molecular complexity index is 262. The summed E-state index contributed by atoms with van der Waals surface area (Å²) >= 11 is 0. The highest BCUT2D eigenvalue weighted by Crippen LogP contribution is 2.04. The molecule has 0 atom stereocenters. The van der Waals surface area contributed by atoms with Gasteiger partial charge in [0.05, 0.1) is 13.2 Å². The van der Waals surface area contributed by atoms with Crippen LogP contribution in [0.1, 0.15) is 19.8 Å². The maximum Gasteiger partial charge on any atom is 0.409 e. The Morgan fingerprint density at radius 2 is 1.88 bits per heavy atom. The molecule has 0 aromatic rings. The average Bonchev–Trinajstić information content (AvgIpc) is 2.29. The molecule has 0 aliphatic carbocycles. The minimum atomic E-state index is -0.830. The molecule has 0 aromatic carbocycles. The van der Waals surface area contributed by atoms with Gasteiger partial charge in [0.1, 0.15) is 0 Å². The standard InChI is InChI=1S/C11H20N2O4/c1-2-3-8-17-11(16)13-6-4-12(5-7-13)9-10(14)15/h2-9H2,1H3,(H,14,15). The molecule has 0 aromatic heterocycles. The fourth-order valence-electron chi connectivity index (χ4n) is 1.67. The van der Waals surface area contributed by atoms with E-state index in [1.54, 1.807) is 4.90 Å². The molecule has 1 fully saturated rings. The minimum absolute atomic E-state index is 0.0404. The first-order valence-electron chi connectivity index (χ1n) is 5.99. The van der Waals surface area contributed by atoms with E-state index in [-0.39, 0.29) is 12.6 Å². The van der Waals surface area contributed by atoms with Crippen molar-refractivity contribution in [1.82, 2.24) is 9.80 Å². The third kappa shape index (κ3) is 5.04. The number of piperazine rings is 1. The zero-order valence-corrected chi connectivity index (χ0v) is 10.2. The van der Waals surface area contributed by atoms with Crippen molar-refractivity contribution >= 4 is 12.1 Å². The van der Waals surface area contributed by atoms with Crippen LogP contribution >= 0.6 is 0 Å². The number of carboxylic acid groups (broad SMARTS) is 1. The van der Waals surface area contributed by atoms with Gasteiger partial charge in [0.15, 0.2) is 0 Å². The van der Waals surface area contributed by atoms with Crippen molar-refractivity contribution in [3.8, 4) is 0 Å². The topological polar surface area (TPSA) is 70.1 Å². The predicted molar refractivity (Wildman–Crippen MR) is 61.9 cm³/mol. The molecule has 0 radical (unpaired) electrons. The van der Waals surface area contributed by atoms with Crippen molar-refractivity contribution in [3.05, 3.63) is 0 Å². The summed E-state index contributed by atoms with van der Waals surface area (Å²) in [4.78, 5) is 25.5. The van der Waals surface area contributed by atoms with E-state index in [1.807, 2.05) is 11.8 Å². The minimum Gasteiger partial charge on any atom is -0.480 e. The maximum atomic E-state index is 11.6. The third-order valence-electron chi connectivity index (χ3n) is 2.71. The van der Waals surface area contributed by atoms with Gasteiger partial charge in [0.2, 0.25) is 0 Å². The predicted octanol–water partition coefficient (Wildman–Crippen LogP) is 0.625. The number of carbonyl (C=O) groups is 2. The van der Waals surface area contributed by atoms with Crippen molar-refractivity contribution < 1.29 is 19.4 Å². The molecule has 1 aliphatic heterocycles. The summed E-state index contributed by atoms with van der Waals surface area (Å²) in [5.74, 6) is -0.830. The number of ether oxygens (including phenoxy) is 1. The number of unbranched alkanes of at least 4 members (excludes halogenated alkanes) is 1. The van der Waals surface area contributed by atoms with Crippen molar-refractivity contribution in [3.63, 3.8) is 0 Å². The van der Waals surface area contributed by atoms with Crippen molar-refractivity contribution in [2.75, 3.05) is 39.3 Å². The Kier molecular flexibility index (Phi) is 5.76. The first kappa shape index (κ1) is 13.8. The molecular weight excluding hydrogens is 224 g/mol. The molecule has 0 saturated carbocycles. The zero-order valence-electron chi connectivity index (χ0n) is 10.2. The number of carbonyl (C=O) groups excluding carboxylic acids is 1. The second kappa shape index (κ2) is 7.11. The molecule has 0 bridgehead atoms. The van der Waals surface area contributed by atoms with E-state index in [0.29, 0.717) is 32.8 Å². The van der Waals surface area contributed by atoms with E-state index in [1.165, 1.54) is 0 Å². The maximum absolute atomic E-state index is 11.6. The molecule has 1 amide bonds. The largest absolute Gasteiger partial charge is 0.480 e. The molecule has 1 heterocycles. The van der Waals surface area contributed by atoms with Crippen LogP contribution in [0.25, 0.3) is 0 Å². The normalized spacial score (nSPS) is 16.9. The van der Waals surface area contributed by atoms with Crippen LogP contribution in [0.5, 0.6) is 0 Å². The number of hydrogen-bond acceptors (Lipinski definition) is 4. The number of aliphatic carboxylic acids is 1. The van der Waals surface area contributed by atoms with Gasteiger partial charge in [-0.15, -0.1) is 0 Å². The summed E-state index contributed by atoms with van der Waals surface area (Å²) in [6.45, 7) is 4.81. The highest BCUT2D eigenvalue weighted by molar-refractivity contribution is 5.69. The van der Waals surface area contributed by atoms with E-state index < -0.39 is 5.97 Å². The Morgan fingerprint density at radius 3 is 2.41 bits per heavy atom. The summed E-state index contributed by atoms with van der Waals surface area (Å²) in [6, 6.07) is 0.